The van der Waals surface area contributed by atoms with Crippen LogP contribution in [0.3, 0.4) is 0 Å². The maximum absolute atomic E-state index is 11.9. The Hall–Kier alpha value is -1.75. The summed E-state index contributed by atoms with van der Waals surface area (Å²) in [6.07, 6.45) is 1.28. The van der Waals surface area contributed by atoms with E-state index in [1.807, 2.05) is 0 Å². The smallest absolute Gasteiger partial charge is 0.226 e. The molecular weight excluding hydrogens is 268 g/mol. The molecule has 1 amide bonds. The fourth-order valence-corrected chi connectivity index (χ4v) is 1.68. The number of carbonyl (C=O) groups is 1. The molecule has 0 aliphatic carbocycles. The molecular formula is C16H26N2O3. The molecule has 0 unspecified atom stereocenters. The maximum atomic E-state index is 11.9. The first-order chi connectivity index (χ1) is 9.81. The molecule has 1 aromatic carbocycles. The third-order valence-corrected chi connectivity index (χ3v) is 2.97. The lowest BCUT2D eigenvalue weighted by molar-refractivity contribution is -0.117. The van der Waals surface area contributed by atoms with Gasteiger partial charge in [0.1, 0.15) is 5.75 Å². The lowest BCUT2D eigenvalue weighted by Gasteiger charge is -2.17. The molecule has 3 N–H and O–H groups in total. The number of nitrogens with one attached hydrogen (secondary N) is 1. The number of ether oxygens (including phenoxy) is 2. The topological polar surface area (TPSA) is 73.6 Å². The van der Waals surface area contributed by atoms with Crippen molar-refractivity contribution in [2.24, 2.45) is 5.41 Å². The molecule has 21 heavy (non-hydrogen) atoms. The molecule has 118 valence electrons. The zero-order chi connectivity index (χ0) is 15.9. The number of rotatable bonds is 7. The van der Waals surface area contributed by atoms with E-state index in [1.165, 1.54) is 0 Å². The van der Waals surface area contributed by atoms with Gasteiger partial charge in [-0.05, 0) is 30.0 Å². The number of anilines is 2. The molecule has 0 radical (unpaired) electrons. The second kappa shape index (κ2) is 7.88. The number of carbonyl (C=O) groups excluding carboxylic acids is 1. The molecule has 0 aliphatic rings. The summed E-state index contributed by atoms with van der Waals surface area (Å²) in [5.74, 6) is 0.473. The van der Waals surface area contributed by atoms with Crippen molar-refractivity contribution < 1.29 is 14.3 Å². The number of methoxy groups -OCH3 is 1. The van der Waals surface area contributed by atoms with Crippen molar-refractivity contribution >= 4 is 17.3 Å². The molecule has 5 nitrogen and oxygen atoms in total. The van der Waals surface area contributed by atoms with Gasteiger partial charge in [-0.25, -0.2) is 0 Å². The SMILES string of the molecule is COc1ccc(N)cc1NC(=O)CCOCCC(C)(C)C. The first kappa shape index (κ1) is 17.3. The van der Waals surface area contributed by atoms with E-state index < -0.39 is 0 Å². The summed E-state index contributed by atoms with van der Waals surface area (Å²) >= 11 is 0. The predicted octanol–water partition coefficient (Wildman–Crippen LogP) is 3.06. The average Bonchev–Trinajstić information content (AvgIpc) is 2.37. The Morgan fingerprint density at radius 1 is 1.29 bits per heavy atom. The Kier molecular flexibility index (Phi) is 6.49. The molecule has 5 heteroatoms. The molecule has 0 aromatic heterocycles. The van der Waals surface area contributed by atoms with Crippen molar-refractivity contribution in [3.8, 4) is 5.75 Å². The highest BCUT2D eigenvalue weighted by Gasteiger charge is 2.10. The van der Waals surface area contributed by atoms with E-state index in [0.717, 1.165) is 6.42 Å². The predicted molar refractivity (Wildman–Crippen MR) is 85.5 cm³/mol. The highest BCUT2D eigenvalue weighted by Crippen LogP contribution is 2.26. The first-order valence-corrected chi connectivity index (χ1v) is 7.13. The molecule has 0 atom stereocenters. The van der Waals surface area contributed by atoms with Crippen molar-refractivity contribution in [2.45, 2.75) is 33.6 Å². The Bertz CT molecular complexity index is 467. The van der Waals surface area contributed by atoms with Crippen molar-refractivity contribution in [1.82, 2.24) is 0 Å². The molecule has 0 aliphatic heterocycles. The summed E-state index contributed by atoms with van der Waals surface area (Å²) < 4.78 is 10.7. The van der Waals surface area contributed by atoms with E-state index >= 15 is 0 Å². The number of hydrogen-bond donors (Lipinski definition) is 2. The lowest BCUT2D eigenvalue weighted by atomic mass is 9.93. The summed E-state index contributed by atoms with van der Waals surface area (Å²) in [6.45, 7) is 7.56. The van der Waals surface area contributed by atoms with E-state index in [4.69, 9.17) is 15.2 Å². The number of amides is 1. The van der Waals surface area contributed by atoms with Crippen LogP contribution in [0.25, 0.3) is 0 Å². The largest absolute Gasteiger partial charge is 0.495 e. The average molecular weight is 294 g/mol. The zero-order valence-electron chi connectivity index (χ0n) is 13.4. The Labute approximate surface area is 126 Å². The van der Waals surface area contributed by atoms with E-state index in [9.17, 15) is 4.79 Å². The maximum Gasteiger partial charge on any atom is 0.226 e. The van der Waals surface area contributed by atoms with Gasteiger partial charge >= 0.3 is 0 Å². The number of hydrogen-bond acceptors (Lipinski definition) is 4. The van der Waals surface area contributed by atoms with Crippen molar-refractivity contribution in [1.29, 1.82) is 0 Å². The van der Waals surface area contributed by atoms with Gasteiger partial charge in [0.15, 0.2) is 0 Å². The van der Waals surface area contributed by atoms with Crippen molar-refractivity contribution in [2.75, 3.05) is 31.4 Å². The van der Waals surface area contributed by atoms with Gasteiger partial charge in [0, 0.05) is 12.3 Å². The second-order valence-corrected chi connectivity index (χ2v) is 6.18. The van der Waals surface area contributed by atoms with Crippen LogP contribution >= 0.6 is 0 Å². The monoisotopic (exact) mass is 294 g/mol. The van der Waals surface area contributed by atoms with Crippen LogP contribution in [-0.2, 0) is 9.53 Å². The van der Waals surface area contributed by atoms with Crippen LogP contribution in [0, 0.1) is 5.41 Å². The van der Waals surface area contributed by atoms with Crippen molar-refractivity contribution in [3.05, 3.63) is 18.2 Å². The standard InChI is InChI=1S/C16H26N2O3/c1-16(2,3)8-10-21-9-7-15(19)18-13-11-12(17)5-6-14(13)20-4/h5-6,11H,7-10,17H2,1-4H3,(H,18,19). The molecule has 1 rings (SSSR count). The quantitative estimate of drug-likeness (QED) is 0.599. The third kappa shape index (κ3) is 6.99. The van der Waals surface area contributed by atoms with Gasteiger partial charge in [-0.1, -0.05) is 20.8 Å². The Balaban J connectivity index is 2.36. The Morgan fingerprint density at radius 2 is 2.00 bits per heavy atom. The molecule has 0 spiro atoms. The fourth-order valence-electron chi connectivity index (χ4n) is 1.68. The summed E-state index contributed by atoms with van der Waals surface area (Å²) in [5, 5.41) is 2.79. The van der Waals surface area contributed by atoms with Gasteiger partial charge < -0.3 is 20.5 Å². The van der Waals surface area contributed by atoms with Gasteiger partial charge in [-0.2, -0.15) is 0 Å². The van der Waals surface area contributed by atoms with Crippen LogP contribution in [0.15, 0.2) is 18.2 Å². The summed E-state index contributed by atoms with van der Waals surface area (Å²) in [6, 6.07) is 5.13. The molecule has 0 heterocycles. The minimum atomic E-state index is -0.116. The second-order valence-electron chi connectivity index (χ2n) is 6.18. The molecule has 0 fully saturated rings. The number of nitrogen functional groups attached to an aromatic ring is 1. The molecule has 1 aromatic rings. The van der Waals surface area contributed by atoms with Gasteiger partial charge in [-0.3, -0.25) is 4.79 Å². The minimum Gasteiger partial charge on any atom is -0.495 e. The van der Waals surface area contributed by atoms with Gasteiger partial charge in [0.05, 0.1) is 25.8 Å². The van der Waals surface area contributed by atoms with E-state index in [2.05, 4.69) is 26.1 Å². The molecule has 0 saturated heterocycles. The van der Waals surface area contributed by atoms with Crippen LogP contribution in [0.1, 0.15) is 33.6 Å². The van der Waals surface area contributed by atoms with Crippen LogP contribution in [-0.4, -0.2) is 26.2 Å². The summed E-state index contributed by atoms with van der Waals surface area (Å²) in [7, 11) is 1.55. The van der Waals surface area contributed by atoms with Crippen LogP contribution in [0.4, 0.5) is 11.4 Å². The van der Waals surface area contributed by atoms with Crippen LogP contribution in [0.5, 0.6) is 5.75 Å². The summed E-state index contributed by atoms with van der Waals surface area (Å²) in [5.41, 5.74) is 7.11. The molecule has 0 bridgehead atoms. The van der Waals surface area contributed by atoms with E-state index in [0.29, 0.717) is 36.8 Å². The van der Waals surface area contributed by atoms with Gasteiger partial charge in [-0.15, -0.1) is 0 Å². The van der Waals surface area contributed by atoms with E-state index in [-0.39, 0.29) is 11.3 Å². The fraction of sp³-hybridized carbons (Fsp3) is 0.562. The van der Waals surface area contributed by atoms with Crippen molar-refractivity contribution in [3.63, 3.8) is 0 Å². The van der Waals surface area contributed by atoms with Gasteiger partial charge in [0.2, 0.25) is 5.91 Å². The third-order valence-electron chi connectivity index (χ3n) is 2.97. The normalized spacial score (nSPS) is 11.2. The van der Waals surface area contributed by atoms with Crippen LogP contribution < -0.4 is 15.8 Å². The highest BCUT2D eigenvalue weighted by molar-refractivity contribution is 5.92. The highest BCUT2D eigenvalue weighted by atomic mass is 16.5. The first-order valence-electron chi connectivity index (χ1n) is 7.13. The van der Waals surface area contributed by atoms with E-state index in [1.54, 1.807) is 25.3 Å². The number of benzene rings is 1. The Morgan fingerprint density at radius 3 is 2.62 bits per heavy atom. The lowest BCUT2D eigenvalue weighted by Crippen LogP contribution is -2.16. The van der Waals surface area contributed by atoms with Gasteiger partial charge in [0.25, 0.3) is 0 Å². The summed E-state index contributed by atoms with van der Waals surface area (Å²) in [4.78, 5) is 11.9. The number of nitrogens with two attached hydrogens (primary N) is 1. The zero-order valence-corrected chi connectivity index (χ0v) is 13.4. The van der Waals surface area contributed by atoms with Crippen LogP contribution in [0.2, 0.25) is 0 Å². The molecule has 0 saturated carbocycles. The minimum absolute atomic E-state index is 0.116.